The first-order valence-corrected chi connectivity index (χ1v) is 7.76. The molecule has 0 radical (unpaired) electrons. The molecule has 0 bridgehead atoms. The van der Waals surface area contributed by atoms with Gasteiger partial charge in [-0.15, -0.1) is 0 Å². The molecule has 0 aliphatic carbocycles. The van der Waals surface area contributed by atoms with Gasteiger partial charge in [-0.3, -0.25) is 4.18 Å². The molecule has 0 amide bonds. The first kappa shape index (κ1) is 16.9. The summed E-state index contributed by atoms with van der Waals surface area (Å²) in [6.45, 7) is -0.195. The molecule has 0 heterocycles. The van der Waals surface area contributed by atoms with E-state index in [0.717, 1.165) is 19.3 Å². The van der Waals surface area contributed by atoms with E-state index >= 15 is 0 Å². The molecule has 0 saturated carbocycles. The van der Waals surface area contributed by atoms with Gasteiger partial charge in [-0.05, 0) is 6.42 Å². The van der Waals surface area contributed by atoms with E-state index in [0.29, 0.717) is 6.42 Å². The van der Waals surface area contributed by atoms with Crippen LogP contribution in [0.2, 0.25) is 0 Å². The van der Waals surface area contributed by atoms with Crippen LogP contribution in [0.4, 0.5) is 0 Å². The van der Waals surface area contributed by atoms with Crippen LogP contribution >= 0.6 is 0 Å². The second kappa shape index (κ2) is 14.3. The molecule has 0 rings (SSSR count). The fraction of sp³-hybridized carbons (Fsp3) is 1.00. The summed E-state index contributed by atoms with van der Waals surface area (Å²) in [5.74, 6) is 0. The van der Waals surface area contributed by atoms with Gasteiger partial charge in [0.1, 0.15) is 0 Å². The number of hydrogen-bond acceptors (Lipinski definition) is 4. The minimum absolute atomic E-state index is 0. The Labute approximate surface area is 137 Å². The van der Waals surface area contributed by atoms with E-state index in [4.69, 9.17) is 2.74 Å². The van der Waals surface area contributed by atoms with Crippen molar-refractivity contribution in [3.8, 4) is 0 Å². The molecule has 18 heavy (non-hydrogen) atoms. The van der Waals surface area contributed by atoms with Gasteiger partial charge in [0.25, 0.3) is 0 Å². The van der Waals surface area contributed by atoms with Crippen molar-refractivity contribution < 1.29 is 49.5 Å². The smallest absolute Gasteiger partial charge is 0.726 e. The molecular weight excluding hydrogens is 263 g/mol. The van der Waals surface area contributed by atoms with Crippen LogP contribution in [-0.4, -0.2) is 19.5 Å². The van der Waals surface area contributed by atoms with Crippen molar-refractivity contribution in [1.82, 2.24) is 0 Å². The molecule has 0 spiro atoms. The van der Waals surface area contributed by atoms with Crippen LogP contribution in [0.5, 0.6) is 0 Å². The molecule has 4 nitrogen and oxygen atoms in total. The van der Waals surface area contributed by atoms with Gasteiger partial charge in [0.2, 0.25) is 10.4 Å². The van der Waals surface area contributed by atoms with Crippen LogP contribution in [0.3, 0.4) is 0 Å². The van der Waals surface area contributed by atoms with Crippen LogP contribution in [0.15, 0.2) is 0 Å². The Balaban J connectivity index is 0. The Hall–Kier alpha value is 0.870. The van der Waals surface area contributed by atoms with Crippen LogP contribution < -0.4 is 29.6 Å². The number of unbranched alkanes of at least 4 members (excludes halogenated alkanes) is 8. The van der Waals surface area contributed by atoms with E-state index in [1.165, 1.54) is 32.1 Å². The Morgan fingerprint density at radius 3 is 1.72 bits per heavy atom. The van der Waals surface area contributed by atoms with Gasteiger partial charge in [-0.2, -0.15) is 0 Å². The molecule has 0 fully saturated rings. The maximum atomic E-state index is 10.3. The molecule has 0 aromatic rings. The summed E-state index contributed by atoms with van der Waals surface area (Å²) in [7, 11) is -4.97. The molecule has 0 saturated heterocycles. The molecular formula is C12H25NaO4S. The summed E-state index contributed by atoms with van der Waals surface area (Å²) in [5, 5.41) is 0. The molecule has 0 aliphatic rings. The third kappa shape index (κ3) is 19.2. The SMILES string of the molecule is [2H]C([2H])(CCCCCCCCCCC)OS(=O)(=O)[O-].[Na+]. The quantitative estimate of drug-likeness (QED) is 0.226. The normalized spacial score (nSPS) is 13.7. The summed E-state index contributed by atoms with van der Waals surface area (Å²) in [4.78, 5) is 0. The first-order valence-electron chi connectivity index (χ1n) is 7.43. The minimum atomic E-state index is -4.97. The first-order chi connectivity index (χ1) is 8.77. The minimum Gasteiger partial charge on any atom is -0.726 e. The van der Waals surface area contributed by atoms with Crippen LogP contribution in [0.25, 0.3) is 0 Å². The van der Waals surface area contributed by atoms with Gasteiger partial charge < -0.3 is 4.55 Å². The zero-order chi connectivity index (χ0) is 14.8. The number of hydrogen-bond donors (Lipinski definition) is 0. The van der Waals surface area contributed by atoms with E-state index in [-0.39, 0.29) is 36.0 Å². The van der Waals surface area contributed by atoms with Gasteiger partial charge >= 0.3 is 29.6 Å². The maximum Gasteiger partial charge on any atom is 1.00 e. The van der Waals surface area contributed by atoms with Crippen molar-refractivity contribution in [3.63, 3.8) is 0 Å². The van der Waals surface area contributed by atoms with Crippen molar-refractivity contribution in [1.29, 1.82) is 0 Å². The van der Waals surface area contributed by atoms with Gasteiger partial charge in [0.05, 0.1) is 9.30 Å². The average Bonchev–Trinajstić information content (AvgIpc) is 2.23. The fourth-order valence-corrected chi connectivity index (χ4v) is 1.85. The van der Waals surface area contributed by atoms with Gasteiger partial charge in [0.15, 0.2) is 0 Å². The van der Waals surface area contributed by atoms with Gasteiger partial charge in [0, 0.05) is 0 Å². The standard InChI is InChI=1S/C12H26O4S.Na/c1-2-3-4-5-6-7-8-9-10-11-12-16-17(13,14)15;/h2-12H2,1H3,(H,13,14,15);/q;+1/p-1/i12D2;. The third-order valence-electron chi connectivity index (χ3n) is 2.54. The Bertz CT molecular complexity index is 323. The summed E-state index contributed by atoms with van der Waals surface area (Å²) >= 11 is 0. The zero-order valence-electron chi connectivity index (χ0n) is 13.6. The summed E-state index contributed by atoms with van der Waals surface area (Å²) < 4.78 is 49.2. The zero-order valence-corrected chi connectivity index (χ0v) is 14.4. The average molecular weight is 290 g/mol. The summed E-state index contributed by atoms with van der Waals surface area (Å²) in [5.41, 5.74) is 0. The molecule has 0 N–H and O–H groups in total. The monoisotopic (exact) mass is 290 g/mol. The van der Waals surface area contributed by atoms with E-state index < -0.39 is 17.0 Å². The second-order valence-corrected chi connectivity index (χ2v) is 5.20. The molecule has 0 aromatic heterocycles. The van der Waals surface area contributed by atoms with E-state index in [2.05, 4.69) is 11.1 Å². The van der Waals surface area contributed by atoms with Gasteiger partial charge in [-0.1, -0.05) is 64.7 Å². The van der Waals surface area contributed by atoms with Crippen molar-refractivity contribution in [3.05, 3.63) is 0 Å². The van der Waals surface area contributed by atoms with E-state index in [1.54, 1.807) is 0 Å². The Morgan fingerprint density at radius 2 is 1.33 bits per heavy atom. The third-order valence-corrected chi connectivity index (χ3v) is 2.87. The Morgan fingerprint density at radius 1 is 0.944 bits per heavy atom. The van der Waals surface area contributed by atoms with E-state index in [9.17, 15) is 13.0 Å². The van der Waals surface area contributed by atoms with Crippen molar-refractivity contribution in [2.24, 2.45) is 0 Å². The van der Waals surface area contributed by atoms with E-state index in [1.807, 2.05) is 0 Å². The van der Waals surface area contributed by atoms with Crippen LogP contribution in [-0.2, 0) is 14.6 Å². The number of rotatable bonds is 12. The molecule has 0 aromatic carbocycles. The van der Waals surface area contributed by atoms with Crippen molar-refractivity contribution >= 4 is 10.4 Å². The van der Waals surface area contributed by atoms with Crippen LogP contribution in [0, 0.1) is 0 Å². The molecule has 6 heteroatoms. The van der Waals surface area contributed by atoms with Gasteiger partial charge in [-0.25, -0.2) is 8.42 Å². The molecule has 0 atom stereocenters. The molecule has 104 valence electrons. The fourth-order valence-electron chi connectivity index (χ4n) is 1.62. The van der Waals surface area contributed by atoms with Crippen molar-refractivity contribution in [2.45, 2.75) is 71.1 Å². The second-order valence-electron chi connectivity index (χ2n) is 4.21. The largest absolute Gasteiger partial charge is 1.00 e. The summed E-state index contributed by atoms with van der Waals surface area (Å²) in [6, 6.07) is 0. The van der Waals surface area contributed by atoms with Crippen LogP contribution in [0.1, 0.15) is 73.9 Å². The summed E-state index contributed by atoms with van der Waals surface area (Å²) in [6.07, 6.45) is 9.63. The Kier molecular flexibility index (Phi) is 13.4. The van der Waals surface area contributed by atoms with Crippen molar-refractivity contribution in [2.75, 3.05) is 6.56 Å². The molecule has 0 aliphatic heterocycles. The predicted molar refractivity (Wildman–Crippen MR) is 67.5 cm³/mol. The topological polar surface area (TPSA) is 66.4 Å². The predicted octanol–water partition coefficient (Wildman–Crippen LogP) is 0.388. The molecule has 0 unspecified atom stereocenters. The maximum absolute atomic E-state index is 10.3.